The van der Waals surface area contributed by atoms with Crippen molar-refractivity contribution in [2.75, 3.05) is 13.2 Å². The molecule has 2 N–H and O–H groups in total. The first-order chi connectivity index (χ1) is 11.3. The Hall–Kier alpha value is -1.39. The van der Waals surface area contributed by atoms with Gasteiger partial charge >= 0.3 is 5.97 Å². The van der Waals surface area contributed by atoms with Crippen LogP contribution in [0.15, 0.2) is 36.0 Å². The van der Waals surface area contributed by atoms with Crippen LogP contribution >= 0.6 is 0 Å². The summed E-state index contributed by atoms with van der Waals surface area (Å²) in [5.41, 5.74) is 1.24. The van der Waals surface area contributed by atoms with E-state index in [2.05, 4.69) is 19.6 Å². The Morgan fingerprint density at radius 2 is 2.17 bits per heavy atom. The molecule has 2 fully saturated rings. The molecule has 1 heterocycles. The second-order valence-electron chi connectivity index (χ2n) is 8.07. The number of rotatable bonds is 3. The highest BCUT2D eigenvalue weighted by molar-refractivity contribution is 5.93. The van der Waals surface area contributed by atoms with Crippen molar-refractivity contribution >= 4 is 5.97 Å². The normalized spacial score (nSPS) is 42.8. The second-order valence-corrected chi connectivity index (χ2v) is 8.07. The van der Waals surface area contributed by atoms with Crippen molar-refractivity contribution in [2.45, 2.75) is 45.6 Å². The number of hydrogen-bond donors (Lipinski definition) is 2. The minimum atomic E-state index is -0.481. The molecule has 0 aromatic carbocycles. The number of fused-ring (bicyclic) bond motifs is 1. The molecule has 3 rings (SSSR count). The molecule has 0 aromatic rings. The van der Waals surface area contributed by atoms with Crippen molar-refractivity contribution in [1.29, 1.82) is 0 Å². The van der Waals surface area contributed by atoms with Gasteiger partial charge in [0.15, 0.2) is 0 Å². The molecule has 2 aliphatic carbocycles. The quantitative estimate of drug-likeness (QED) is 0.616. The van der Waals surface area contributed by atoms with Crippen LogP contribution in [0.5, 0.6) is 0 Å². The topological polar surface area (TPSA) is 66.8 Å². The summed E-state index contributed by atoms with van der Waals surface area (Å²) < 4.78 is 4.96. The minimum Gasteiger partial charge on any atom is -0.458 e. The van der Waals surface area contributed by atoms with E-state index in [1.807, 2.05) is 13.0 Å². The fourth-order valence-electron chi connectivity index (χ4n) is 5.20. The van der Waals surface area contributed by atoms with Gasteiger partial charge in [0, 0.05) is 11.3 Å². The summed E-state index contributed by atoms with van der Waals surface area (Å²) >= 11 is 0. The Bertz CT molecular complexity index is 605. The lowest BCUT2D eigenvalue weighted by Gasteiger charge is -2.59. The van der Waals surface area contributed by atoms with Crippen molar-refractivity contribution in [3.8, 4) is 0 Å². The maximum atomic E-state index is 11.7. The molecule has 4 nitrogen and oxygen atoms in total. The van der Waals surface area contributed by atoms with Gasteiger partial charge in [0.2, 0.25) is 0 Å². The Balaban J connectivity index is 1.92. The number of cyclic esters (lactones) is 1. The van der Waals surface area contributed by atoms with E-state index in [0.717, 1.165) is 19.3 Å². The third kappa shape index (κ3) is 2.56. The summed E-state index contributed by atoms with van der Waals surface area (Å²) in [4.78, 5) is 11.7. The van der Waals surface area contributed by atoms with Crippen LogP contribution < -0.4 is 0 Å². The Morgan fingerprint density at radius 1 is 1.42 bits per heavy atom. The van der Waals surface area contributed by atoms with Gasteiger partial charge < -0.3 is 14.9 Å². The summed E-state index contributed by atoms with van der Waals surface area (Å²) in [6, 6.07) is 0. The first kappa shape index (κ1) is 17.4. The van der Waals surface area contributed by atoms with Gasteiger partial charge in [-0.2, -0.15) is 0 Å². The number of ether oxygens (including phenoxy) is 1. The van der Waals surface area contributed by atoms with Gasteiger partial charge in [0.25, 0.3) is 0 Å². The summed E-state index contributed by atoms with van der Waals surface area (Å²) in [5.74, 6) is 0.0981. The van der Waals surface area contributed by atoms with E-state index in [1.165, 1.54) is 5.57 Å². The molecule has 4 heteroatoms. The molecule has 0 aromatic heterocycles. The Morgan fingerprint density at radius 3 is 2.79 bits per heavy atom. The SMILES string of the molecule is C=C1CC[C@H]2[C@@](C)(CCC(O)[C@@]2(C)CO)[C@@H]1C=CC1=CCOC1=O. The van der Waals surface area contributed by atoms with Crippen molar-refractivity contribution in [2.24, 2.45) is 22.7 Å². The molecule has 3 aliphatic rings. The summed E-state index contributed by atoms with van der Waals surface area (Å²) in [7, 11) is 0. The predicted molar refractivity (Wildman–Crippen MR) is 92.1 cm³/mol. The Labute approximate surface area is 143 Å². The highest BCUT2D eigenvalue weighted by Gasteiger charge is 2.57. The third-order valence-corrected chi connectivity index (χ3v) is 6.78. The minimum absolute atomic E-state index is 0.00515. The molecule has 2 saturated carbocycles. The van der Waals surface area contributed by atoms with Crippen molar-refractivity contribution < 1.29 is 19.7 Å². The molecule has 0 radical (unpaired) electrons. The van der Waals surface area contributed by atoms with Gasteiger partial charge in [-0.05, 0) is 43.1 Å². The number of esters is 1. The number of carbonyl (C=O) groups is 1. The standard InChI is InChI=1S/C20H28O4/c1-13-4-7-16-19(2,10-8-17(22)20(16,3)12-21)15(13)6-5-14-9-11-24-18(14)23/h5-6,9,15-17,21-22H,1,4,7-8,10-12H2,2-3H3/t15-,16+,17?,19+,20+/m1/s1. The van der Waals surface area contributed by atoms with Crippen molar-refractivity contribution in [3.05, 3.63) is 36.0 Å². The maximum Gasteiger partial charge on any atom is 0.338 e. The molecule has 0 spiro atoms. The average molecular weight is 332 g/mol. The highest BCUT2D eigenvalue weighted by Crippen LogP contribution is 2.61. The van der Waals surface area contributed by atoms with E-state index in [0.29, 0.717) is 18.6 Å². The van der Waals surface area contributed by atoms with E-state index in [4.69, 9.17) is 4.74 Å². The molecule has 0 bridgehead atoms. The molecule has 132 valence electrons. The number of hydrogen-bond acceptors (Lipinski definition) is 4. The largest absolute Gasteiger partial charge is 0.458 e. The molecular formula is C20H28O4. The molecule has 0 amide bonds. The van der Waals surface area contributed by atoms with Gasteiger partial charge in [-0.3, -0.25) is 0 Å². The zero-order valence-corrected chi connectivity index (χ0v) is 14.6. The number of allylic oxidation sites excluding steroid dienone is 2. The van der Waals surface area contributed by atoms with Crippen LogP contribution in [0.4, 0.5) is 0 Å². The van der Waals surface area contributed by atoms with E-state index in [1.54, 1.807) is 6.08 Å². The molecule has 1 unspecified atom stereocenters. The highest BCUT2D eigenvalue weighted by atomic mass is 16.5. The number of aliphatic hydroxyl groups is 2. The molecule has 1 aliphatic heterocycles. The van der Waals surface area contributed by atoms with Crippen LogP contribution in [0.1, 0.15) is 39.5 Å². The lowest BCUT2D eigenvalue weighted by atomic mass is 9.46. The number of aliphatic hydroxyl groups excluding tert-OH is 2. The van der Waals surface area contributed by atoms with E-state index in [-0.39, 0.29) is 29.8 Å². The summed E-state index contributed by atoms with van der Waals surface area (Å²) in [6.45, 7) is 8.87. The zero-order chi connectivity index (χ0) is 17.5. The summed E-state index contributed by atoms with van der Waals surface area (Å²) in [6.07, 6.45) is 8.69. The third-order valence-electron chi connectivity index (χ3n) is 6.78. The Kier molecular flexibility index (Phi) is 4.47. The molecular weight excluding hydrogens is 304 g/mol. The molecule has 5 atom stereocenters. The van der Waals surface area contributed by atoms with Crippen LogP contribution in [0.2, 0.25) is 0 Å². The summed E-state index contributed by atoms with van der Waals surface area (Å²) in [5, 5.41) is 20.5. The lowest BCUT2D eigenvalue weighted by Crippen LogP contribution is -2.57. The second kappa shape index (κ2) is 6.16. The first-order valence-corrected chi connectivity index (χ1v) is 8.85. The van der Waals surface area contributed by atoms with Crippen LogP contribution in [0, 0.1) is 22.7 Å². The van der Waals surface area contributed by atoms with Gasteiger partial charge in [0.05, 0.1) is 18.3 Å². The predicted octanol–water partition coefficient (Wildman–Crippen LogP) is 2.77. The van der Waals surface area contributed by atoms with Gasteiger partial charge in [-0.15, -0.1) is 0 Å². The monoisotopic (exact) mass is 332 g/mol. The van der Waals surface area contributed by atoms with E-state index >= 15 is 0 Å². The molecule has 0 saturated heterocycles. The van der Waals surface area contributed by atoms with Crippen molar-refractivity contribution in [3.63, 3.8) is 0 Å². The van der Waals surface area contributed by atoms with Crippen molar-refractivity contribution in [1.82, 2.24) is 0 Å². The fourth-order valence-corrected chi connectivity index (χ4v) is 5.20. The maximum absolute atomic E-state index is 11.7. The zero-order valence-electron chi connectivity index (χ0n) is 14.6. The van der Waals surface area contributed by atoms with Gasteiger partial charge in [-0.25, -0.2) is 4.79 Å². The van der Waals surface area contributed by atoms with E-state index < -0.39 is 11.5 Å². The van der Waals surface area contributed by atoms with Gasteiger partial charge in [0.1, 0.15) is 6.61 Å². The number of carbonyl (C=O) groups excluding carboxylic acids is 1. The average Bonchev–Trinajstić information content (AvgIpc) is 2.96. The van der Waals surface area contributed by atoms with Crippen LogP contribution in [0.3, 0.4) is 0 Å². The van der Waals surface area contributed by atoms with Crippen LogP contribution in [-0.2, 0) is 9.53 Å². The van der Waals surface area contributed by atoms with Crippen LogP contribution in [0.25, 0.3) is 0 Å². The van der Waals surface area contributed by atoms with Crippen LogP contribution in [-0.4, -0.2) is 35.5 Å². The van der Waals surface area contributed by atoms with E-state index in [9.17, 15) is 15.0 Å². The molecule has 24 heavy (non-hydrogen) atoms. The first-order valence-electron chi connectivity index (χ1n) is 8.85. The smallest absolute Gasteiger partial charge is 0.338 e. The van der Waals surface area contributed by atoms with Gasteiger partial charge in [-0.1, -0.05) is 38.2 Å². The fraction of sp³-hybridized carbons (Fsp3) is 0.650. The lowest BCUT2D eigenvalue weighted by molar-refractivity contribution is -0.145.